The summed E-state index contributed by atoms with van der Waals surface area (Å²) in [4.78, 5) is 0. The van der Waals surface area contributed by atoms with Crippen LogP contribution >= 0.6 is 0 Å². The van der Waals surface area contributed by atoms with Crippen molar-refractivity contribution in [3.8, 4) is 5.75 Å². The summed E-state index contributed by atoms with van der Waals surface area (Å²) in [7, 11) is 3.39. The highest BCUT2D eigenvalue weighted by Crippen LogP contribution is 2.38. The zero-order chi connectivity index (χ0) is 24.4. The molecule has 0 aliphatic carbocycles. The molecule has 1 N–H and O–H groups in total. The van der Waals surface area contributed by atoms with E-state index >= 15 is 0 Å². The lowest BCUT2D eigenvalue weighted by Gasteiger charge is -2.30. The molecule has 0 spiro atoms. The lowest BCUT2D eigenvalue weighted by molar-refractivity contribution is 0.181. The minimum Gasteiger partial charge on any atom is -0.507 e. The summed E-state index contributed by atoms with van der Waals surface area (Å²) in [5.41, 5.74) is 8.78. The highest BCUT2D eigenvalue weighted by molar-refractivity contribution is 5.49. The summed E-state index contributed by atoms with van der Waals surface area (Å²) in [5, 5.41) is 10.4. The fraction of sp³-hybridized carbons (Fsp3) is 0.400. The van der Waals surface area contributed by atoms with Crippen LogP contribution in [0.25, 0.3) is 0 Å². The number of rotatable bonds is 8. The molecule has 0 saturated heterocycles. The summed E-state index contributed by atoms with van der Waals surface area (Å²) in [6.07, 6.45) is 0. The number of ether oxygens (including phenoxy) is 2. The average molecular weight is 447 g/mol. The molecule has 0 saturated carbocycles. The van der Waals surface area contributed by atoms with E-state index in [2.05, 4.69) is 89.2 Å². The molecule has 0 heterocycles. The van der Waals surface area contributed by atoms with Crippen LogP contribution in [-0.4, -0.2) is 19.3 Å². The number of aromatic hydroxyl groups is 1. The molecule has 0 amide bonds. The Kier molecular flexibility index (Phi) is 7.36. The van der Waals surface area contributed by atoms with Crippen molar-refractivity contribution >= 4 is 0 Å². The number of hydrogen-bond donors (Lipinski definition) is 1. The van der Waals surface area contributed by atoms with Gasteiger partial charge >= 0.3 is 0 Å². The molecule has 3 nitrogen and oxygen atoms in total. The van der Waals surface area contributed by atoms with Crippen LogP contribution in [0.3, 0.4) is 0 Å². The van der Waals surface area contributed by atoms with Crippen LogP contribution in [0.1, 0.15) is 72.2 Å². The van der Waals surface area contributed by atoms with Crippen molar-refractivity contribution in [1.29, 1.82) is 0 Å². The number of phenolic OH excluding ortho intramolecular Hbond substituents is 1. The number of hydrogen-bond acceptors (Lipinski definition) is 3. The van der Waals surface area contributed by atoms with Gasteiger partial charge in [-0.15, -0.1) is 0 Å². The maximum absolute atomic E-state index is 10.4. The molecule has 3 aromatic rings. The van der Waals surface area contributed by atoms with E-state index in [1.807, 2.05) is 6.92 Å². The minimum atomic E-state index is -0.210. The molecular weight excluding hydrogens is 408 g/mol. The van der Waals surface area contributed by atoms with Gasteiger partial charge < -0.3 is 14.6 Å². The average Bonchev–Trinajstić information content (AvgIpc) is 2.76. The van der Waals surface area contributed by atoms with Crippen molar-refractivity contribution in [3.63, 3.8) is 0 Å². The smallest absolute Gasteiger partial charge is 0.124 e. The van der Waals surface area contributed by atoms with E-state index in [0.29, 0.717) is 19.0 Å². The molecule has 0 atom stereocenters. The summed E-state index contributed by atoms with van der Waals surface area (Å²) in [6.45, 7) is 14.1. The Bertz CT molecular complexity index is 1110. The molecule has 3 aromatic carbocycles. The predicted octanol–water partition coefficient (Wildman–Crippen LogP) is 6.95. The van der Waals surface area contributed by atoms with Crippen LogP contribution in [-0.2, 0) is 33.5 Å². The second-order valence-electron chi connectivity index (χ2n) is 10.2. The van der Waals surface area contributed by atoms with Gasteiger partial charge in [0.1, 0.15) is 5.75 Å². The fourth-order valence-electron chi connectivity index (χ4n) is 4.59. The van der Waals surface area contributed by atoms with Crippen LogP contribution < -0.4 is 0 Å². The van der Waals surface area contributed by atoms with Crippen LogP contribution in [0.5, 0.6) is 5.75 Å². The minimum absolute atomic E-state index is 0.127. The first kappa shape index (κ1) is 25.0. The third-order valence-electron chi connectivity index (χ3n) is 6.90. The van der Waals surface area contributed by atoms with E-state index in [0.717, 1.165) is 11.1 Å². The van der Waals surface area contributed by atoms with Crippen molar-refractivity contribution in [2.24, 2.45) is 0 Å². The quantitative estimate of drug-likeness (QED) is 0.407. The molecule has 176 valence electrons. The van der Waals surface area contributed by atoms with Gasteiger partial charge in [0.15, 0.2) is 0 Å². The Balaban J connectivity index is 1.97. The maximum Gasteiger partial charge on any atom is 0.124 e. The van der Waals surface area contributed by atoms with E-state index < -0.39 is 0 Å². The molecule has 3 heteroatoms. The SMILES string of the molecule is COCc1cc(C)cc(C(C)(C)c2ccc(C(C)(C)c3cc(C)c(O)c(COC)c3)cc2)c1. The Labute approximate surface area is 199 Å². The van der Waals surface area contributed by atoms with Crippen LogP contribution in [0.2, 0.25) is 0 Å². The van der Waals surface area contributed by atoms with Gasteiger partial charge in [0.05, 0.1) is 13.2 Å². The Morgan fingerprint density at radius 1 is 0.667 bits per heavy atom. The van der Waals surface area contributed by atoms with Crippen LogP contribution in [0.4, 0.5) is 0 Å². The predicted molar refractivity (Wildman–Crippen MR) is 136 cm³/mol. The molecule has 33 heavy (non-hydrogen) atoms. The van der Waals surface area contributed by atoms with Crippen molar-refractivity contribution in [2.45, 2.75) is 65.6 Å². The summed E-state index contributed by atoms with van der Waals surface area (Å²) < 4.78 is 10.7. The second-order valence-corrected chi connectivity index (χ2v) is 10.2. The monoisotopic (exact) mass is 446 g/mol. The van der Waals surface area contributed by atoms with E-state index in [-0.39, 0.29) is 10.8 Å². The lowest BCUT2D eigenvalue weighted by atomic mass is 9.74. The van der Waals surface area contributed by atoms with E-state index in [9.17, 15) is 5.11 Å². The molecular formula is C30H38O3. The first-order valence-electron chi connectivity index (χ1n) is 11.5. The first-order valence-corrected chi connectivity index (χ1v) is 11.5. The van der Waals surface area contributed by atoms with E-state index in [4.69, 9.17) is 9.47 Å². The Morgan fingerprint density at radius 2 is 1.18 bits per heavy atom. The molecule has 3 rings (SSSR count). The third kappa shape index (κ3) is 5.15. The first-order chi connectivity index (χ1) is 15.5. The van der Waals surface area contributed by atoms with Crippen LogP contribution in [0.15, 0.2) is 54.6 Å². The van der Waals surface area contributed by atoms with E-state index in [1.54, 1.807) is 14.2 Å². The van der Waals surface area contributed by atoms with Gasteiger partial charge in [-0.1, -0.05) is 81.8 Å². The topological polar surface area (TPSA) is 38.7 Å². The van der Waals surface area contributed by atoms with E-state index in [1.165, 1.54) is 33.4 Å². The molecule has 0 aliphatic heterocycles. The summed E-state index contributed by atoms with van der Waals surface area (Å²) in [5.74, 6) is 0.319. The highest BCUT2D eigenvalue weighted by atomic mass is 16.5. The van der Waals surface area contributed by atoms with Gasteiger partial charge in [0.2, 0.25) is 0 Å². The number of methoxy groups -OCH3 is 2. The van der Waals surface area contributed by atoms with Gasteiger partial charge in [-0.25, -0.2) is 0 Å². The molecule has 0 unspecified atom stereocenters. The standard InChI is InChI=1S/C30H38O3/c1-20-13-22(18-32-7)16-26(14-20)29(3,4)24-9-11-25(12-10-24)30(5,6)27-15-21(2)28(31)23(17-27)19-33-8/h9-17,31H,18-19H2,1-8H3. The largest absolute Gasteiger partial charge is 0.507 e. The maximum atomic E-state index is 10.4. The van der Waals surface area contributed by atoms with Gasteiger partial charge in [-0.05, 0) is 53.3 Å². The third-order valence-corrected chi connectivity index (χ3v) is 6.90. The summed E-state index contributed by atoms with van der Waals surface area (Å²) >= 11 is 0. The van der Waals surface area contributed by atoms with Crippen molar-refractivity contribution in [2.75, 3.05) is 14.2 Å². The molecule has 0 fully saturated rings. The van der Waals surface area contributed by atoms with Crippen molar-refractivity contribution in [1.82, 2.24) is 0 Å². The summed E-state index contributed by atoms with van der Waals surface area (Å²) in [6, 6.07) is 19.8. The number of aryl methyl sites for hydroxylation is 2. The fourth-order valence-corrected chi connectivity index (χ4v) is 4.59. The lowest BCUT2D eigenvalue weighted by Crippen LogP contribution is -2.22. The molecule has 0 aliphatic rings. The van der Waals surface area contributed by atoms with Crippen LogP contribution in [0, 0.1) is 13.8 Å². The van der Waals surface area contributed by atoms with Crippen molar-refractivity contribution < 1.29 is 14.6 Å². The second kappa shape index (κ2) is 9.70. The van der Waals surface area contributed by atoms with Gasteiger partial charge in [0.25, 0.3) is 0 Å². The van der Waals surface area contributed by atoms with Crippen molar-refractivity contribution in [3.05, 3.63) is 99.1 Å². The number of benzene rings is 3. The normalized spacial score (nSPS) is 12.2. The zero-order valence-electron chi connectivity index (χ0n) is 21.4. The Hall–Kier alpha value is -2.62. The molecule has 0 radical (unpaired) electrons. The molecule has 0 aromatic heterocycles. The number of phenols is 1. The van der Waals surface area contributed by atoms with Gasteiger partial charge in [0, 0.05) is 30.6 Å². The highest BCUT2D eigenvalue weighted by Gasteiger charge is 2.28. The van der Waals surface area contributed by atoms with Gasteiger partial charge in [-0.3, -0.25) is 0 Å². The Morgan fingerprint density at radius 3 is 1.70 bits per heavy atom. The molecule has 0 bridgehead atoms. The van der Waals surface area contributed by atoms with Gasteiger partial charge in [-0.2, -0.15) is 0 Å². The zero-order valence-corrected chi connectivity index (χ0v) is 21.4.